The van der Waals surface area contributed by atoms with Crippen LogP contribution in [0.15, 0.2) is 0 Å². The van der Waals surface area contributed by atoms with Crippen LogP contribution in [-0.2, 0) is 4.79 Å². The second-order valence-electron chi connectivity index (χ2n) is 5.40. The van der Waals surface area contributed by atoms with Gasteiger partial charge in [-0.05, 0) is 38.6 Å². The van der Waals surface area contributed by atoms with Crippen molar-refractivity contribution in [3.05, 3.63) is 0 Å². The largest absolute Gasteiger partial charge is 0.352 e. The molecule has 1 atom stereocenters. The maximum atomic E-state index is 11.8. The Bertz CT molecular complexity index is 232. The molecule has 0 aromatic heterocycles. The fraction of sp³-hybridized carbons (Fsp3) is 0.923. The van der Waals surface area contributed by atoms with E-state index in [0.717, 1.165) is 12.5 Å². The molecule has 0 aromatic carbocycles. The molecule has 0 saturated heterocycles. The highest BCUT2D eigenvalue weighted by Crippen LogP contribution is 2.31. The number of carbonyl (C=O) groups is 1. The molecule has 2 saturated carbocycles. The molecule has 0 spiro atoms. The van der Waals surface area contributed by atoms with Crippen LogP contribution in [0.3, 0.4) is 0 Å². The van der Waals surface area contributed by atoms with Crippen molar-refractivity contribution >= 4 is 5.91 Å². The number of nitrogens with one attached hydrogen (secondary N) is 2. The molecule has 16 heavy (non-hydrogen) atoms. The van der Waals surface area contributed by atoms with E-state index >= 15 is 0 Å². The van der Waals surface area contributed by atoms with Crippen LogP contribution in [0.5, 0.6) is 0 Å². The Kier molecular flexibility index (Phi) is 4.22. The Morgan fingerprint density at radius 3 is 2.56 bits per heavy atom. The van der Waals surface area contributed by atoms with Gasteiger partial charge in [0.2, 0.25) is 5.91 Å². The molecule has 3 heteroatoms. The summed E-state index contributed by atoms with van der Waals surface area (Å²) in [5, 5.41) is 6.45. The van der Waals surface area contributed by atoms with E-state index in [1.807, 2.05) is 6.92 Å². The summed E-state index contributed by atoms with van der Waals surface area (Å²) in [5.41, 5.74) is 0. The molecule has 2 aliphatic carbocycles. The first-order valence-corrected chi connectivity index (χ1v) is 6.79. The first-order valence-electron chi connectivity index (χ1n) is 6.79. The van der Waals surface area contributed by atoms with Crippen molar-refractivity contribution in [2.75, 3.05) is 6.54 Å². The summed E-state index contributed by atoms with van der Waals surface area (Å²) in [5.74, 6) is 1.13. The highest BCUT2D eigenvalue weighted by atomic mass is 16.2. The fourth-order valence-electron chi connectivity index (χ4n) is 2.40. The Labute approximate surface area is 98.4 Å². The van der Waals surface area contributed by atoms with Crippen molar-refractivity contribution in [1.29, 1.82) is 0 Å². The standard InChI is InChI=1S/C13H24N2O/c1-10(14-9-8-11-6-7-11)13(16)15-12-4-2-3-5-12/h10-12,14H,2-9H2,1H3,(H,15,16). The summed E-state index contributed by atoms with van der Waals surface area (Å²) in [4.78, 5) is 11.8. The van der Waals surface area contributed by atoms with Gasteiger partial charge in [0.25, 0.3) is 0 Å². The van der Waals surface area contributed by atoms with E-state index in [4.69, 9.17) is 0 Å². The fourth-order valence-corrected chi connectivity index (χ4v) is 2.40. The SMILES string of the molecule is CC(NCCC1CC1)C(=O)NC1CCCC1. The highest BCUT2D eigenvalue weighted by molar-refractivity contribution is 5.81. The van der Waals surface area contributed by atoms with Gasteiger partial charge >= 0.3 is 0 Å². The van der Waals surface area contributed by atoms with Gasteiger partial charge in [-0.25, -0.2) is 0 Å². The van der Waals surface area contributed by atoms with Crippen molar-refractivity contribution in [2.24, 2.45) is 5.92 Å². The lowest BCUT2D eigenvalue weighted by atomic mass is 10.2. The minimum absolute atomic E-state index is 0.0284. The van der Waals surface area contributed by atoms with Crippen molar-refractivity contribution in [2.45, 2.75) is 64.0 Å². The molecule has 0 bridgehead atoms. The van der Waals surface area contributed by atoms with Crippen LogP contribution >= 0.6 is 0 Å². The molecule has 2 N–H and O–H groups in total. The number of hydrogen-bond acceptors (Lipinski definition) is 2. The second-order valence-corrected chi connectivity index (χ2v) is 5.40. The molecular weight excluding hydrogens is 200 g/mol. The third-order valence-corrected chi connectivity index (χ3v) is 3.79. The van der Waals surface area contributed by atoms with Gasteiger partial charge < -0.3 is 10.6 Å². The second kappa shape index (κ2) is 5.67. The minimum atomic E-state index is -0.0284. The van der Waals surface area contributed by atoms with Gasteiger partial charge in [-0.1, -0.05) is 25.7 Å². The van der Waals surface area contributed by atoms with Gasteiger partial charge in [0.1, 0.15) is 0 Å². The third kappa shape index (κ3) is 3.78. The van der Waals surface area contributed by atoms with Gasteiger partial charge in [0, 0.05) is 6.04 Å². The highest BCUT2D eigenvalue weighted by Gasteiger charge is 2.22. The summed E-state index contributed by atoms with van der Waals surface area (Å²) < 4.78 is 0. The number of rotatable bonds is 6. The molecule has 0 aromatic rings. The number of carbonyl (C=O) groups excluding carboxylic acids is 1. The van der Waals surface area contributed by atoms with E-state index in [2.05, 4.69) is 10.6 Å². The van der Waals surface area contributed by atoms with Gasteiger partial charge in [-0.3, -0.25) is 4.79 Å². The number of hydrogen-bond donors (Lipinski definition) is 2. The zero-order chi connectivity index (χ0) is 11.4. The summed E-state index contributed by atoms with van der Waals surface area (Å²) in [6.45, 7) is 2.96. The van der Waals surface area contributed by atoms with Crippen molar-refractivity contribution in [3.63, 3.8) is 0 Å². The zero-order valence-electron chi connectivity index (χ0n) is 10.3. The molecule has 1 unspecified atom stereocenters. The zero-order valence-corrected chi connectivity index (χ0v) is 10.3. The normalized spacial score (nSPS) is 23.3. The van der Waals surface area contributed by atoms with Crippen molar-refractivity contribution < 1.29 is 4.79 Å². The maximum Gasteiger partial charge on any atom is 0.237 e. The van der Waals surface area contributed by atoms with Crippen molar-refractivity contribution in [3.8, 4) is 0 Å². The average molecular weight is 224 g/mol. The van der Waals surface area contributed by atoms with E-state index in [1.165, 1.54) is 44.9 Å². The van der Waals surface area contributed by atoms with Gasteiger partial charge in [0.05, 0.1) is 6.04 Å². The molecule has 3 nitrogen and oxygen atoms in total. The Morgan fingerprint density at radius 1 is 1.25 bits per heavy atom. The quantitative estimate of drug-likeness (QED) is 0.722. The van der Waals surface area contributed by atoms with Crippen LogP contribution in [-0.4, -0.2) is 24.5 Å². The first kappa shape index (κ1) is 11.9. The summed E-state index contributed by atoms with van der Waals surface area (Å²) in [6.07, 6.45) is 8.90. The van der Waals surface area contributed by atoms with Gasteiger partial charge in [-0.2, -0.15) is 0 Å². The molecule has 2 rings (SSSR count). The molecule has 1 amide bonds. The van der Waals surface area contributed by atoms with E-state index < -0.39 is 0 Å². The molecular formula is C13H24N2O. The van der Waals surface area contributed by atoms with E-state index in [-0.39, 0.29) is 11.9 Å². The summed E-state index contributed by atoms with van der Waals surface area (Å²) in [6, 6.07) is 0.416. The van der Waals surface area contributed by atoms with Crippen LogP contribution in [0, 0.1) is 5.92 Å². The Balaban J connectivity index is 1.58. The monoisotopic (exact) mass is 224 g/mol. The molecule has 92 valence electrons. The molecule has 2 aliphatic rings. The lowest BCUT2D eigenvalue weighted by Crippen LogP contribution is -2.45. The lowest BCUT2D eigenvalue weighted by molar-refractivity contribution is -0.123. The topological polar surface area (TPSA) is 41.1 Å². The summed E-state index contributed by atoms with van der Waals surface area (Å²) >= 11 is 0. The minimum Gasteiger partial charge on any atom is -0.352 e. The first-order chi connectivity index (χ1) is 7.75. The van der Waals surface area contributed by atoms with Gasteiger partial charge in [0.15, 0.2) is 0 Å². The smallest absolute Gasteiger partial charge is 0.237 e. The van der Waals surface area contributed by atoms with Gasteiger partial charge in [-0.15, -0.1) is 0 Å². The molecule has 0 heterocycles. The third-order valence-electron chi connectivity index (χ3n) is 3.79. The Hall–Kier alpha value is -0.570. The molecule has 2 fully saturated rings. The molecule has 0 aliphatic heterocycles. The van der Waals surface area contributed by atoms with Crippen LogP contribution in [0.25, 0.3) is 0 Å². The molecule has 0 radical (unpaired) electrons. The Morgan fingerprint density at radius 2 is 1.94 bits per heavy atom. The van der Waals surface area contributed by atoms with E-state index in [0.29, 0.717) is 6.04 Å². The van der Waals surface area contributed by atoms with E-state index in [9.17, 15) is 4.79 Å². The van der Waals surface area contributed by atoms with Crippen LogP contribution in [0.1, 0.15) is 51.9 Å². The predicted molar refractivity (Wildman–Crippen MR) is 65.2 cm³/mol. The maximum absolute atomic E-state index is 11.8. The predicted octanol–water partition coefficient (Wildman–Crippen LogP) is 1.82. The van der Waals surface area contributed by atoms with Crippen molar-refractivity contribution in [1.82, 2.24) is 10.6 Å². The number of amides is 1. The van der Waals surface area contributed by atoms with Crippen LogP contribution < -0.4 is 10.6 Å². The average Bonchev–Trinajstić information content (AvgIpc) is 2.95. The van der Waals surface area contributed by atoms with E-state index in [1.54, 1.807) is 0 Å². The summed E-state index contributed by atoms with van der Waals surface area (Å²) in [7, 11) is 0. The van der Waals surface area contributed by atoms with Crippen LogP contribution in [0.4, 0.5) is 0 Å². The van der Waals surface area contributed by atoms with Crippen LogP contribution in [0.2, 0.25) is 0 Å². The lowest BCUT2D eigenvalue weighted by Gasteiger charge is -2.17.